The number of pyridine rings is 1. The molecule has 0 saturated carbocycles. The molecule has 0 spiro atoms. The molecule has 1 N–H and O–H groups in total. The number of carboxylic acid groups (broad SMARTS) is 1. The standard InChI is InChI=1S/C15H11FN2O3/c16-11-5-3-9(4-6-11)13(15(20)21)18-8-10-2-1-7-17-12(10)14(18)19/h1-7,13H,8H2,(H,20,21). The smallest absolute Gasteiger partial charge is 0.331 e. The number of aliphatic carboxylic acids is 1. The van der Waals surface area contributed by atoms with E-state index >= 15 is 0 Å². The van der Waals surface area contributed by atoms with Crippen molar-refractivity contribution in [2.45, 2.75) is 12.6 Å². The van der Waals surface area contributed by atoms with Gasteiger partial charge in [-0.2, -0.15) is 0 Å². The maximum atomic E-state index is 13.0. The van der Waals surface area contributed by atoms with Gasteiger partial charge in [0.2, 0.25) is 0 Å². The van der Waals surface area contributed by atoms with Crippen molar-refractivity contribution < 1.29 is 19.1 Å². The quantitative estimate of drug-likeness (QED) is 0.937. The number of carbonyl (C=O) groups excluding carboxylic acids is 1. The van der Waals surface area contributed by atoms with E-state index in [0.29, 0.717) is 11.1 Å². The zero-order valence-corrected chi connectivity index (χ0v) is 10.9. The van der Waals surface area contributed by atoms with Gasteiger partial charge in [-0.25, -0.2) is 9.18 Å². The fourth-order valence-electron chi connectivity index (χ4n) is 2.46. The molecule has 0 aliphatic carbocycles. The van der Waals surface area contributed by atoms with Crippen molar-refractivity contribution in [3.63, 3.8) is 0 Å². The Kier molecular flexibility index (Phi) is 3.13. The average Bonchev–Trinajstić information content (AvgIpc) is 2.79. The zero-order valence-electron chi connectivity index (χ0n) is 10.9. The van der Waals surface area contributed by atoms with E-state index in [1.165, 1.54) is 35.4 Å². The third-order valence-corrected chi connectivity index (χ3v) is 3.43. The van der Waals surface area contributed by atoms with Crippen LogP contribution in [0, 0.1) is 5.82 Å². The topological polar surface area (TPSA) is 70.5 Å². The van der Waals surface area contributed by atoms with E-state index in [1.807, 2.05) is 0 Å². The van der Waals surface area contributed by atoms with Gasteiger partial charge in [-0.3, -0.25) is 9.78 Å². The minimum atomic E-state index is -1.16. The van der Waals surface area contributed by atoms with Crippen molar-refractivity contribution in [2.24, 2.45) is 0 Å². The van der Waals surface area contributed by atoms with Crippen molar-refractivity contribution in [3.05, 3.63) is 65.2 Å². The van der Waals surface area contributed by atoms with Gasteiger partial charge in [-0.1, -0.05) is 18.2 Å². The first kappa shape index (κ1) is 13.2. The molecular formula is C15H11FN2O3. The Labute approximate surface area is 119 Å². The van der Waals surface area contributed by atoms with Gasteiger partial charge < -0.3 is 10.0 Å². The lowest BCUT2D eigenvalue weighted by atomic mass is 10.1. The van der Waals surface area contributed by atoms with Crippen LogP contribution in [-0.4, -0.2) is 26.9 Å². The molecule has 0 fully saturated rings. The lowest BCUT2D eigenvalue weighted by molar-refractivity contribution is -0.142. The molecule has 1 atom stereocenters. The van der Waals surface area contributed by atoms with Crippen LogP contribution in [0.3, 0.4) is 0 Å². The second-order valence-corrected chi connectivity index (χ2v) is 4.74. The van der Waals surface area contributed by atoms with Crippen molar-refractivity contribution in [2.75, 3.05) is 0 Å². The third kappa shape index (κ3) is 2.24. The lowest BCUT2D eigenvalue weighted by Crippen LogP contribution is -2.34. The first-order chi connectivity index (χ1) is 10.1. The monoisotopic (exact) mass is 286 g/mol. The Bertz CT molecular complexity index is 715. The molecule has 1 aliphatic rings. The molecule has 106 valence electrons. The Morgan fingerprint density at radius 3 is 2.62 bits per heavy atom. The number of hydrogen-bond acceptors (Lipinski definition) is 3. The van der Waals surface area contributed by atoms with Crippen LogP contribution in [0.2, 0.25) is 0 Å². The van der Waals surface area contributed by atoms with Crippen LogP contribution in [0.1, 0.15) is 27.7 Å². The van der Waals surface area contributed by atoms with Crippen molar-refractivity contribution in [1.29, 1.82) is 0 Å². The van der Waals surface area contributed by atoms with Crippen LogP contribution in [0.15, 0.2) is 42.6 Å². The molecule has 0 saturated heterocycles. The van der Waals surface area contributed by atoms with Crippen LogP contribution in [-0.2, 0) is 11.3 Å². The van der Waals surface area contributed by atoms with Gasteiger partial charge in [0.25, 0.3) is 5.91 Å². The van der Waals surface area contributed by atoms with E-state index in [-0.39, 0.29) is 12.2 Å². The molecule has 1 aromatic carbocycles. The number of carboxylic acids is 1. The number of hydrogen-bond donors (Lipinski definition) is 1. The number of benzene rings is 1. The molecular weight excluding hydrogens is 275 g/mol. The summed E-state index contributed by atoms with van der Waals surface area (Å²) in [5, 5.41) is 9.45. The van der Waals surface area contributed by atoms with Gasteiger partial charge in [0.1, 0.15) is 11.5 Å². The van der Waals surface area contributed by atoms with E-state index in [9.17, 15) is 19.1 Å². The highest BCUT2D eigenvalue weighted by atomic mass is 19.1. The summed E-state index contributed by atoms with van der Waals surface area (Å²) in [6, 6.07) is 7.38. The Morgan fingerprint density at radius 1 is 1.29 bits per heavy atom. The summed E-state index contributed by atoms with van der Waals surface area (Å²) in [5.74, 6) is -2.05. The van der Waals surface area contributed by atoms with Gasteiger partial charge in [-0.05, 0) is 23.8 Å². The van der Waals surface area contributed by atoms with Gasteiger partial charge in [-0.15, -0.1) is 0 Å². The first-order valence-electron chi connectivity index (χ1n) is 6.31. The molecule has 1 amide bonds. The SMILES string of the molecule is O=C(O)C(c1ccc(F)cc1)N1Cc2cccnc2C1=O. The molecule has 6 heteroatoms. The molecule has 0 bridgehead atoms. The third-order valence-electron chi connectivity index (χ3n) is 3.43. The highest BCUT2D eigenvalue weighted by Crippen LogP contribution is 2.30. The Hall–Kier alpha value is -2.76. The zero-order chi connectivity index (χ0) is 15.0. The number of aromatic nitrogens is 1. The Morgan fingerprint density at radius 2 is 2.00 bits per heavy atom. The molecule has 1 aromatic heterocycles. The highest BCUT2D eigenvalue weighted by Gasteiger charge is 2.38. The molecule has 5 nitrogen and oxygen atoms in total. The number of carbonyl (C=O) groups is 2. The average molecular weight is 286 g/mol. The number of fused-ring (bicyclic) bond motifs is 1. The number of rotatable bonds is 3. The maximum Gasteiger partial charge on any atom is 0.331 e. The molecule has 2 heterocycles. The van der Waals surface area contributed by atoms with Gasteiger partial charge in [0.05, 0.1) is 0 Å². The minimum absolute atomic E-state index is 0.177. The summed E-state index contributed by atoms with van der Waals surface area (Å²) < 4.78 is 13.0. The molecule has 2 aromatic rings. The van der Waals surface area contributed by atoms with Crippen LogP contribution in [0.25, 0.3) is 0 Å². The van der Waals surface area contributed by atoms with Gasteiger partial charge in [0.15, 0.2) is 6.04 Å². The second-order valence-electron chi connectivity index (χ2n) is 4.74. The summed E-state index contributed by atoms with van der Waals surface area (Å²) in [5.41, 5.74) is 1.31. The van der Waals surface area contributed by atoms with Crippen LogP contribution >= 0.6 is 0 Å². The van der Waals surface area contributed by atoms with Crippen molar-refractivity contribution in [1.82, 2.24) is 9.88 Å². The van der Waals surface area contributed by atoms with Crippen LogP contribution < -0.4 is 0 Å². The number of amides is 1. The maximum absolute atomic E-state index is 13.0. The van der Waals surface area contributed by atoms with Gasteiger partial charge in [0, 0.05) is 18.3 Å². The fraction of sp³-hybridized carbons (Fsp3) is 0.133. The largest absolute Gasteiger partial charge is 0.479 e. The first-order valence-corrected chi connectivity index (χ1v) is 6.31. The highest BCUT2D eigenvalue weighted by molar-refractivity contribution is 5.98. The van der Waals surface area contributed by atoms with Gasteiger partial charge >= 0.3 is 5.97 Å². The van der Waals surface area contributed by atoms with Crippen LogP contribution in [0.4, 0.5) is 4.39 Å². The second kappa shape index (κ2) is 4.97. The van der Waals surface area contributed by atoms with Crippen LogP contribution in [0.5, 0.6) is 0 Å². The Balaban J connectivity index is 1.99. The number of nitrogens with zero attached hydrogens (tertiary/aromatic N) is 2. The van der Waals surface area contributed by atoms with Crippen molar-refractivity contribution in [3.8, 4) is 0 Å². The lowest BCUT2D eigenvalue weighted by Gasteiger charge is -2.24. The van der Waals surface area contributed by atoms with E-state index < -0.39 is 23.7 Å². The minimum Gasteiger partial charge on any atom is -0.479 e. The van der Waals surface area contributed by atoms with Crippen molar-refractivity contribution >= 4 is 11.9 Å². The predicted molar refractivity (Wildman–Crippen MR) is 70.9 cm³/mol. The molecule has 3 rings (SSSR count). The van der Waals surface area contributed by atoms with E-state index in [0.717, 1.165) is 0 Å². The summed E-state index contributed by atoms with van der Waals surface area (Å²) in [4.78, 5) is 29.1. The van der Waals surface area contributed by atoms with E-state index in [4.69, 9.17) is 0 Å². The normalized spacial score (nSPS) is 14.9. The summed E-state index contributed by atoms with van der Waals surface area (Å²) >= 11 is 0. The summed E-state index contributed by atoms with van der Waals surface area (Å²) in [6.07, 6.45) is 1.49. The van der Waals surface area contributed by atoms with E-state index in [1.54, 1.807) is 12.1 Å². The molecule has 1 unspecified atom stereocenters. The fourth-order valence-corrected chi connectivity index (χ4v) is 2.46. The summed E-state index contributed by atoms with van der Waals surface area (Å²) in [7, 11) is 0. The molecule has 21 heavy (non-hydrogen) atoms. The summed E-state index contributed by atoms with van der Waals surface area (Å²) in [6.45, 7) is 0.177. The number of halogens is 1. The van der Waals surface area contributed by atoms with E-state index in [2.05, 4.69) is 4.98 Å². The molecule has 1 aliphatic heterocycles. The predicted octanol–water partition coefficient (Wildman–Crippen LogP) is 2.00. The molecule has 0 radical (unpaired) electrons.